The Hall–Kier alpha value is -3.16. The van der Waals surface area contributed by atoms with Crippen molar-refractivity contribution in [3.8, 4) is 11.5 Å². The average Bonchev–Trinajstić information content (AvgIpc) is 3.95. The first-order valence-corrected chi connectivity index (χ1v) is 32.1. The molecule has 1 saturated heterocycles. The SMILES string of the molecule is C1CCOC1.CC(C)(c1ccccc1)c1cc(SC2CCCCC2Sc2cc(C(C)(C)c3ccccc3)cc(C(C)(C)c3ccccc3)c2O)c(O)c(C(C)(C)c2ccccc2)c1.C[Si](C)[N-][Si](C)C.[Sc]. The molecule has 1 saturated carbocycles. The Morgan fingerprint density at radius 2 is 0.732 bits per heavy atom. The Labute approximate surface area is 460 Å². The van der Waals surface area contributed by atoms with E-state index < -0.39 is 10.8 Å². The van der Waals surface area contributed by atoms with Crippen LogP contribution in [0.1, 0.15) is 138 Å². The molecule has 1 aliphatic heterocycles. The summed E-state index contributed by atoms with van der Waals surface area (Å²) in [7, 11) is -0.528. The Morgan fingerprint density at radius 1 is 0.437 bits per heavy atom. The quantitative estimate of drug-likeness (QED) is 0.106. The van der Waals surface area contributed by atoms with Gasteiger partial charge in [-0.05, 0) is 71.2 Å². The predicted octanol–water partition coefficient (Wildman–Crippen LogP) is 17.3. The van der Waals surface area contributed by atoms with Gasteiger partial charge in [0.2, 0.25) is 0 Å². The molecule has 2 unspecified atom stereocenters. The third kappa shape index (κ3) is 15.0. The molecule has 0 amide bonds. The topological polar surface area (TPSA) is 63.8 Å². The van der Waals surface area contributed by atoms with E-state index in [4.69, 9.17) is 4.74 Å². The van der Waals surface area contributed by atoms with Crippen LogP contribution in [-0.2, 0) is 52.2 Å². The first-order chi connectivity index (χ1) is 33.2. The normalized spacial score (nSPS) is 16.4. The third-order valence-corrected chi connectivity index (χ3v) is 21.0. The van der Waals surface area contributed by atoms with Gasteiger partial charge in [-0.15, -0.1) is 23.5 Å². The number of hydrogen-bond donors (Lipinski definition) is 2. The zero-order chi connectivity index (χ0) is 50.7. The summed E-state index contributed by atoms with van der Waals surface area (Å²) in [6, 6.07) is 51.6. The molecule has 2 aliphatic rings. The van der Waals surface area contributed by atoms with Gasteiger partial charge in [0.05, 0.1) is 9.79 Å². The molecule has 1 heterocycles. The van der Waals surface area contributed by atoms with Crippen molar-refractivity contribution in [2.75, 3.05) is 13.2 Å². The number of phenolic OH excluding ortho intramolecular Hbond substituents is 2. The molecule has 9 heteroatoms. The van der Waals surface area contributed by atoms with Crippen molar-refractivity contribution in [1.82, 2.24) is 0 Å². The first-order valence-electron chi connectivity index (χ1n) is 25.5. The van der Waals surface area contributed by atoms with Crippen LogP contribution in [0.25, 0.3) is 4.65 Å². The molecule has 71 heavy (non-hydrogen) atoms. The second-order valence-corrected chi connectivity index (χ2v) is 28.9. The molecule has 8 rings (SSSR count). The molecule has 6 aromatic rings. The zero-order valence-corrected chi connectivity index (χ0v) is 50.2. The van der Waals surface area contributed by atoms with Crippen LogP contribution in [0.2, 0.25) is 26.2 Å². The van der Waals surface area contributed by atoms with Crippen molar-refractivity contribution in [2.24, 2.45) is 0 Å². The molecule has 3 radical (unpaired) electrons. The Kier molecular flexibility index (Phi) is 21.8. The number of phenols is 2. The van der Waals surface area contributed by atoms with Gasteiger partial charge in [0, 0.05) is 82.3 Å². The van der Waals surface area contributed by atoms with Crippen molar-refractivity contribution in [1.29, 1.82) is 0 Å². The predicted molar refractivity (Wildman–Crippen MR) is 307 cm³/mol. The van der Waals surface area contributed by atoms with E-state index in [0.717, 1.165) is 59.8 Å². The number of hydrogen-bond acceptors (Lipinski definition) is 5. The second kappa shape index (κ2) is 26.4. The summed E-state index contributed by atoms with van der Waals surface area (Å²) in [5, 5.41) is 25.3. The molecule has 0 spiro atoms. The van der Waals surface area contributed by atoms with E-state index >= 15 is 0 Å². The summed E-state index contributed by atoms with van der Waals surface area (Å²) in [5.41, 5.74) is 7.69. The van der Waals surface area contributed by atoms with Crippen LogP contribution in [0.15, 0.2) is 155 Å². The van der Waals surface area contributed by atoms with Gasteiger partial charge < -0.3 is 19.6 Å². The van der Waals surface area contributed by atoms with Crippen LogP contribution in [0, 0.1) is 0 Å². The number of aromatic hydroxyl groups is 2. The van der Waals surface area contributed by atoms with Crippen LogP contribution >= 0.6 is 23.5 Å². The van der Waals surface area contributed by atoms with Crippen LogP contribution in [-0.4, -0.2) is 51.8 Å². The summed E-state index contributed by atoms with van der Waals surface area (Å²) in [5.74, 6) is 0.754. The Balaban J connectivity index is 0.000000637. The molecule has 2 atom stereocenters. The van der Waals surface area contributed by atoms with E-state index in [2.05, 4.69) is 232 Å². The van der Waals surface area contributed by atoms with E-state index in [9.17, 15) is 10.2 Å². The van der Waals surface area contributed by atoms with Gasteiger partial charge in [-0.3, -0.25) is 0 Å². The van der Waals surface area contributed by atoms with Crippen LogP contribution in [0.4, 0.5) is 0 Å². The largest absolute Gasteiger partial charge is 0.673 e. The molecule has 2 fully saturated rings. The smallest absolute Gasteiger partial charge is 0.133 e. The van der Waals surface area contributed by atoms with Gasteiger partial charge in [0.15, 0.2) is 0 Å². The maximum absolute atomic E-state index is 12.4. The molecule has 0 aromatic heterocycles. The maximum atomic E-state index is 12.4. The minimum Gasteiger partial charge on any atom is -0.673 e. The summed E-state index contributed by atoms with van der Waals surface area (Å²) in [4.78, 5) is 1.87. The van der Waals surface area contributed by atoms with E-state index in [1.807, 2.05) is 23.5 Å². The van der Waals surface area contributed by atoms with E-state index in [1.54, 1.807) is 0 Å². The molecule has 0 bridgehead atoms. The molecular weight excluding hydrogens is 972 g/mol. The first kappa shape index (κ1) is 58.7. The Bertz CT molecular complexity index is 2370. The Morgan fingerprint density at radius 3 is 0.986 bits per heavy atom. The number of thioether (sulfide) groups is 2. The molecule has 2 N–H and O–H groups in total. The maximum Gasteiger partial charge on any atom is 0.133 e. The molecule has 375 valence electrons. The van der Waals surface area contributed by atoms with E-state index in [-0.39, 0.29) is 65.1 Å². The zero-order valence-electron chi connectivity index (χ0n) is 44.8. The fraction of sp³-hybridized carbons (Fsp3) is 0.419. The van der Waals surface area contributed by atoms with Crippen molar-refractivity contribution < 1.29 is 40.8 Å². The van der Waals surface area contributed by atoms with Gasteiger partial charge >= 0.3 is 0 Å². The van der Waals surface area contributed by atoms with Crippen LogP contribution in [0.5, 0.6) is 11.5 Å². The number of ether oxygens (including phenoxy) is 1. The van der Waals surface area contributed by atoms with Gasteiger partial charge in [0.1, 0.15) is 11.5 Å². The van der Waals surface area contributed by atoms with Crippen molar-refractivity contribution in [3.05, 3.63) is 195 Å². The van der Waals surface area contributed by atoms with E-state index in [0.29, 0.717) is 11.5 Å². The number of rotatable bonds is 14. The standard InChI is InChI=1S/C54H60O2S2.C4H12NSi2.C4H8O.Sc/c1-51(2,37-23-13-9-14-24-37)41-33-43(53(5,6)39-27-17-11-18-28-39)49(55)47(35-41)57-45-31-21-22-32-46(45)58-48-36-42(52(3,4)38-25-15-10-16-26-38)34-44(50(48)56)54(7,8)40-29-19-12-20-30-40;1-6(2)5-7(3)4;1-2-4-5-3-1;/h9-20,23-30,33-36,45-46,55-56H,21-22,31-32H2,1-8H3;1-4H3;1-4H2;/q;-1;;. The van der Waals surface area contributed by atoms with Crippen molar-refractivity contribution >= 4 is 41.4 Å². The fourth-order valence-corrected chi connectivity index (χ4v) is 16.3. The fourth-order valence-electron chi connectivity index (χ4n) is 9.75. The van der Waals surface area contributed by atoms with Gasteiger partial charge in [-0.25, -0.2) is 0 Å². The van der Waals surface area contributed by atoms with E-state index in [1.165, 1.54) is 46.2 Å². The van der Waals surface area contributed by atoms with Crippen LogP contribution in [0.3, 0.4) is 0 Å². The molecule has 4 nitrogen and oxygen atoms in total. The van der Waals surface area contributed by atoms with Gasteiger partial charge in [-0.2, -0.15) is 0 Å². The summed E-state index contributed by atoms with van der Waals surface area (Å²) in [6.45, 7) is 29.0. The summed E-state index contributed by atoms with van der Waals surface area (Å²) in [6.07, 6.45) is 6.94. The summed E-state index contributed by atoms with van der Waals surface area (Å²) >= 11 is 3.67. The van der Waals surface area contributed by atoms with Gasteiger partial charge in [-0.1, -0.05) is 246 Å². The monoisotopic (exact) mass is 1050 g/mol. The van der Waals surface area contributed by atoms with Gasteiger partial charge in [0.25, 0.3) is 0 Å². The van der Waals surface area contributed by atoms with Crippen LogP contribution < -0.4 is 0 Å². The minimum atomic E-state index is -0.427. The molecular formula is C62H80NO3S2ScSi2-. The van der Waals surface area contributed by atoms with Crippen molar-refractivity contribution in [2.45, 2.75) is 162 Å². The number of benzene rings is 6. The second-order valence-electron chi connectivity index (χ2n) is 21.6. The summed E-state index contributed by atoms with van der Waals surface area (Å²) < 4.78 is 9.43. The van der Waals surface area contributed by atoms with Crippen molar-refractivity contribution in [3.63, 3.8) is 0 Å². The number of nitrogens with zero attached hydrogens (tertiary/aromatic N) is 1. The minimum absolute atomic E-state index is 0. The third-order valence-electron chi connectivity index (χ3n) is 14.4. The average molecular weight is 1050 g/mol. The molecule has 6 aromatic carbocycles. The molecule has 1 aliphatic carbocycles.